The topological polar surface area (TPSA) is 70.4 Å². The van der Waals surface area contributed by atoms with Gasteiger partial charge in [-0.3, -0.25) is 4.79 Å². The van der Waals surface area contributed by atoms with Crippen LogP contribution in [0.1, 0.15) is 67.3 Å². The largest absolute Gasteiger partial charge is 0.360 e. The second-order valence-electron chi connectivity index (χ2n) is 8.98. The van der Waals surface area contributed by atoms with Crippen molar-refractivity contribution in [3.63, 3.8) is 0 Å². The van der Waals surface area contributed by atoms with Crippen molar-refractivity contribution in [2.45, 2.75) is 64.1 Å². The summed E-state index contributed by atoms with van der Waals surface area (Å²) in [4.78, 5) is 12.6. The van der Waals surface area contributed by atoms with E-state index >= 15 is 0 Å². The molecule has 1 aliphatic heterocycles. The van der Waals surface area contributed by atoms with Crippen molar-refractivity contribution in [3.05, 3.63) is 53.4 Å². The third-order valence-corrected chi connectivity index (χ3v) is 7.54. The van der Waals surface area contributed by atoms with Gasteiger partial charge in [-0.25, -0.2) is 4.31 Å². The minimum Gasteiger partial charge on any atom is -0.360 e. The van der Waals surface area contributed by atoms with Crippen molar-refractivity contribution in [3.8, 4) is 0 Å². The lowest BCUT2D eigenvalue weighted by Crippen LogP contribution is -2.51. The van der Waals surface area contributed by atoms with Gasteiger partial charge in [0.25, 0.3) is 5.91 Å². The van der Waals surface area contributed by atoms with Gasteiger partial charge in [0.15, 0.2) is 5.69 Å². The Morgan fingerprint density at radius 1 is 1.26 bits per heavy atom. The number of carbonyl (C=O) groups excluding carboxylic acids is 1. The molecule has 2 aromatic rings. The summed E-state index contributed by atoms with van der Waals surface area (Å²) in [6.07, 6.45) is 4.39. The zero-order chi connectivity index (χ0) is 21.6. The van der Waals surface area contributed by atoms with Crippen LogP contribution in [-0.2, 0) is 6.54 Å². The van der Waals surface area contributed by atoms with Crippen LogP contribution in [0.3, 0.4) is 0 Å². The van der Waals surface area contributed by atoms with E-state index in [9.17, 15) is 4.79 Å². The highest BCUT2D eigenvalue weighted by atomic mass is 32.2. The van der Waals surface area contributed by atoms with Gasteiger partial charge in [0.1, 0.15) is 5.76 Å². The second kappa shape index (κ2) is 10.7. The molecule has 7 heteroatoms. The van der Waals surface area contributed by atoms with Crippen LogP contribution in [0.15, 0.2) is 40.9 Å². The molecule has 1 aliphatic carbocycles. The fraction of sp³-hybridized carbons (Fsp3) is 0.583. The molecule has 1 aromatic carbocycles. The predicted molar refractivity (Wildman–Crippen MR) is 125 cm³/mol. The van der Waals surface area contributed by atoms with Gasteiger partial charge in [0.05, 0.1) is 0 Å². The first kappa shape index (κ1) is 22.4. The van der Waals surface area contributed by atoms with Crippen LogP contribution in [0, 0.1) is 5.92 Å². The Morgan fingerprint density at radius 2 is 2.06 bits per heavy atom. The predicted octanol–water partition coefficient (Wildman–Crippen LogP) is 4.21. The lowest BCUT2D eigenvalue weighted by atomic mass is 9.91. The number of aromatic nitrogens is 1. The van der Waals surface area contributed by atoms with Gasteiger partial charge in [-0.1, -0.05) is 54.4 Å². The molecule has 1 aromatic heterocycles. The molecule has 6 nitrogen and oxygen atoms in total. The number of amides is 1. The van der Waals surface area contributed by atoms with E-state index in [2.05, 4.69) is 64.3 Å². The monoisotopic (exact) mass is 442 g/mol. The summed E-state index contributed by atoms with van der Waals surface area (Å²) in [5, 5.41) is 10.7. The number of hydrogen-bond donors (Lipinski definition) is 2. The number of piperidine rings is 1. The number of rotatable bonds is 10. The molecule has 2 heterocycles. The van der Waals surface area contributed by atoms with Crippen LogP contribution in [0.2, 0.25) is 0 Å². The average Bonchev–Trinajstić information content (AvgIpc) is 3.50. The van der Waals surface area contributed by atoms with Crippen LogP contribution in [0.4, 0.5) is 0 Å². The lowest BCUT2D eigenvalue weighted by Gasteiger charge is -2.41. The van der Waals surface area contributed by atoms with Crippen LogP contribution >= 0.6 is 11.9 Å². The molecule has 1 saturated heterocycles. The van der Waals surface area contributed by atoms with Crippen molar-refractivity contribution >= 4 is 17.9 Å². The van der Waals surface area contributed by atoms with Crippen molar-refractivity contribution in [1.29, 1.82) is 0 Å². The SMILES string of the molecule is CC1CN(SCCCNCc2ccccc2)C(C)CC1NC(=O)c1cc(C2CC2)on1. The van der Waals surface area contributed by atoms with E-state index in [1.54, 1.807) is 0 Å². The minimum atomic E-state index is -0.106. The summed E-state index contributed by atoms with van der Waals surface area (Å²) >= 11 is 1.94. The fourth-order valence-electron chi connectivity index (χ4n) is 4.10. The molecule has 1 saturated carbocycles. The molecule has 1 amide bonds. The molecular weight excluding hydrogens is 408 g/mol. The van der Waals surface area contributed by atoms with Crippen molar-refractivity contribution < 1.29 is 9.32 Å². The number of nitrogens with zero attached hydrogens (tertiary/aromatic N) is 2. The maximum atomic E-state index is 12.6. The van der Waals surface area contributed by atoms with Crippen LogP contribution in [-0.4, -0.2) is 46.3 Å². The Balaban J connectivity index is 1.15. The first-order valence-electron chi connectivity index (χ1n) is 11.5. The minimum absolute atomic E-state index is 0.106. The maximum Gasteiger partial charge on any atom is 0.273 e. The molecule has 2 fully saturated rings. The molecule has 168 valence electrons. The summed E-state index contributed by atoms with van der Waals surface area (Å²) in [6, 6.07) is 13.0. The molecule has 4 rings (SSSR count). The molecule has 3 unspecified atom stereocenters. The van der Waals surface area contributed by atoms with E-state index in [1.165, 1.54) is 5.56 Å². The average molecular weight is 443 g/mol. The van der Waals surface area contributed by atoms with Gasteiger partial charge in [-0.2, -0.15) is 0 Å². The van der Waals surface area contributed by atoms with Gasteiger partial charge >= 0.3 is 0 Å². The van der Waals surface area contributed by atoms with Gasteiger partial charge in [-0.05, 0) is 50.6 Å². The van der Waals surface area contributed by atoms with Crippen LogP contribution < -0.4 is 10.6 Å². The summed E-state index contributed by atoms with van der Waals surface area (Å²) in [5.74, 6) is 2.74. The molecule has 0 radical (unpaired) electrons. The van der Waals surface area contributed by atoms with E-state index in [0.29, 0.717) is 23.6 Å². The quantitative estimate of drug-likeness (QED) is 0.424. The van der Waals surface area contributed by atoms with Gasteiger partial charge in [-0.15, -0.1) is 0 Å². The summed E-state index contributed by atoms with van der Waals surface area (Å²) in [6.45, 7) is 7.42. The van der Waals surface area contributed by atoms with Crippen molar-refractivity contribution in [2.24, 2.45) is 5.92 Å². The second-order valence-corrected chi connectivity index (χ2v) is 10.1. The Kier molecular flexibility index (Phi) is 7.69. The van der Waals surface area contributed by atoms with E-state index in [4.69, 9.17) is 4.52 Å². The fourth-order valence-corrected chi connectivity index (χ4v) is 5.29. The summed E-state index contributed by atoms with van der Waals surface area (Å²) < 4.78 is 7.83. The molecule has 3 atom stereocenters. The number of hydrogen-bond acceptors (Lipinski definition) is 6. The van der Waals surface area contributed by atoms with E-state index in [-0.39, 0.29) is 11.9 Å². The Hall–Kier alpha value is -1.83. The molecule has 31 heavy (non-hydrogen) atoms. The van der Waals surface area contributed by atoms with E-state index in [0.717, 1.165) is 56.8 Å². The van der Waals surface area contributed by atoms with Gasteiger partial charge < -0.3 is 15.2 Å². The van der Waals surface area contributed by atoms with Gasteiger partial charge in [0.2, 0.25) is 0 Å². The zero-order valence-corrected chi connectivity index (χ0v) is 19.4. The zero-order valence-electron chi connectivity index (χ0n) is 18.5. The van der Waals surface area contributed by atoms with E-state index < -0.39 is 0 Å². The Labute approximate surface area is 189 Å². The summed E-state index contributed by atoms with van der Waals surface area (Å²) in [5.41, 5.74) is 1.75. The third kappa shape index (κ3) is 6.34. The smallest absolute Gasteiger partial charge is 0.273 e. The van der Waals surface area contributed by atoms with Crippen molar-refractivity contribution in [1.82, 2.24) is 20.1 Å². The number of carbonyl (C=O) groups is 1. The molecule has 0 bridgehead atoms. The number of benzene rings is 1. The first-order valence-corrected chi connectivity index (χ1v) is 12.5. The maximum absolute atomic E-state index is 12.6. The standard InChI is InChI=1S/C24H34N4O2S/c1-17-16-28(31-12-6-11-25-15-19-7-4-3-5-8-19)18(2)13-21(17)26-24(29)22-14-23(30-27-22)20-9-10-20/h3-5,7-8,14,17-18,20-21,25H,6,9-13,15-16H2,1-2H3,(H,26,29). The molecule has 0 spiro atoms. The number of nitrogens with one attached hydrogen (secondary N) is 2. The molecule has 2 N–H and O–H groups in total. The highest BCUT2D eigenvalue weighted by Gasteiger charge is 2.33. The Bertz CT molecular complexity index is 839. The van der Waals surface area contributed by atoms with E-state index in [1.807, 2.05) is 18.0 Å². The highest BCUT2D eigenvalue weighted by molar-refractivity contribution is 7.97. The van der Waals surface area contributed by atoms with Crippen LogP contribution in [0.5, 0.6) is 0 Å². The van der Waals surface area contributed by atoms with Gasteiger partial charge in [0, 0.05) is 42.9 Å². The third-order valence-electron chi connectivity index (χ3n) is 6.23. The van der Waals surface area contributed by atoms with Crippen molar-refractivity contribution in [2.75, 3.05) is 18.8 Å². The Morgan fingerprint density at radius 3 is 2.84 bits per heavy atom. The summed E-state index contributed by atoms with van der Waals surface area (Å²) in [7, 11) is 0. The molecular formula is C24H34N4O2S. The first-order chi connectivity index (χ1) is 15.1. The molecule has 2 aliphatic rings. The normalized spacial score (nSPS) is 24.3. The van der Waals surface area contributed by atoms with Crippen LogP contribution in [0.25, 0.3) is 0 Å². The highest BCUT2D eigenvalue weighted by Crippen LogP contribution is 2.40. The lowest BCUT2D eigenvalue weighted by molar-refractivity contribution is 0.0875.